The van der Waals surface area contributed by atoms with Crippen LogP contribution in [0.25, 0.3) is 0 Å². The standard InChI is InChI=1S/C20H29N3O/c1-20(2)17-8-6-7-9-18(17)22(3)19(20)14-21-23(4)15-10-12-16(24-5)13-11-15/h10-14,17H,6-9H2,1-5H3/q+2. The molecule has 0 saturated heterocycles. The fraction of sp³-hybridized carbons (Fsp3) is 0.550. The van der Waals surface area contributed by atoms with Gasteiger partial charge in [0.2, 0.25) is 11.4 Å². The number of hydrogen-bond acceptors (Lipinski definition) is 2. The van der Waals surface area contributed by atoms with Crippen LogP contribution in [-0.2, 0) is 0 Å². The topological polar surface area (TPSA) is 27.6 Å². The van der Waals surface area contributed by atoms with Crippen molar-refractivity contribution in [3.63, 3.8) is 0 Å². The van der Waals surface area contributed by atoms with Gasteiger partial charge in [0, 0.05) is 18.6 Å². The molecule has 1 aliphatic heterocycles. The summed E-state index contributed by atoms with van der Waals surface area (Å²) in [7, 11) is 5.88. The molecule has 0 radical (unpaired) electrons. The second kappa shape index (κ2) is 6.50. The predicted octanol–water partition coefficient (Wildman–Crippen LogP) is 4.58. The number of fused-ring (bicyclic) bond motifs is 1. The second-order valence-corrected chi connectivity index (χ2v) is 7.42. The molecule has 1 unspecified atom stereocenters. The minimum Gasteiger partial charge on any atom is -0.497 e. The molecular formula is C20H29N3O+2. The molecular weight excluding hydrogens is 298 g/mol. The van der Waals surface area contributed by atoms with Gasteiger partial charge in [0.05, 0.1) is 18.4 Å². The van der Waals surface area contributed by atoms with Crippen LogP contribution in [0.15, 0.2) is 41.3 Å². The average Bonchev–Trinajstić information content (AvgIpc) is 2.80. The summed E-state index contributed by atoms with van der Waals surface area (Å²) in [6, 6.07) is 7.98. The van der Waals surface area contributed by atoms with E-state index in [0.717, 1.165) is 11.4 Å². The summed E-state index contributed by atoms with van der Waals surface area (Å²) in [5.74, 6) is 1.53. The summed E-state index contributed by atoms with van der Waals surface area (Å²) in [4.78, 5) is 0. The number of nitrogens with zero attached hydrogens (tertiary/aromatic N) is 3. The van der Waals surface area contributed by atoms with Crippen LogP contribution in [0, 0.1) is 11.3 Å². The minimum absolute atomic E-state index is 0.161. The first kappa shape index (κ1) is 16.9. The molecule has 3 rings (SSSR count). The third-order valence-corrected chi connectivity index (χ3v) is 5.70. The molecule has 4 nitrogen and oxygen atoms in total. The largest absolute Gasteiger partial charge is 0.497 e. The number of hydrogen-bond donors (Lipinski definition) is 0. The lowest BCUT2D eigenvalue weighted by atomic mass is 9.71. The van der Waals surface area contributed by atoms with Crippen molar-refractivity contribution in [1.29, 1.82) is 0 Å². The second-order valence-electron chi connectivity index (χ2n) is 7.42. The van der Waals surface area contributed by atoms with Gasteiger partial charge in [0.15, 0.2) is 19.0 Å². The molecule has 1 aliphatic carbocycles. The molecule has 1 saturated carbocycles. The van der Waals surface area contributed by atoms with Crippen LogP contribution in [-0.4, -0.2) is 36.2 Å². The Morgan fingerprint density at radius 3 is 2.58 bits per heavy atom. The van der Waals surface area contributed by atoms with E-state index in [9.17, 15) is 0 Å². The van der Waals surface area contributed by atoms with Crippen molar-refractivity contribution in [1.82, 2.24) is 0 Å². The number of benzene rings is 1. The van der Waals surface area contributed by atoms with Crippen molar-refractivity contribution < 1.29 is 14.0 Å². The number of ether oxygens (including phenoxy) is 1. The van der Waals surface area contributed by atoms with Crippen LogP contribution in [0.1, 0.15) is 39.5 Å². The lowest BCUT2D eigenvalue weighted by Crippen LogP contribution is -2.28. The van der Waals surface area contributed by atoms with Gasteiger partial charge in [-0.3, -0.25) is 0 Å². The number of methoxy groups -OCH3 is 1. The van der Waals surface area contributed by atoms with Crippen LogP contribution in [0.3, 0.4) is 0 Å². The van der Waals surface area contributed by atoms with Crippen molar-refractivity contribution >= 4 is 11.4 Å². The van der Waals surface area contributed by atoms with Gasteiger partial charge >= 0.3 is 0 Å². The zero-order chi connectivity index (χ0) is 17.3. The molecule has 0 N–H and O–H groups in total. The molecule has 2 aliphatic rings. The lowest BCUT2D eigenvalue weighted by Gasteiger charge is -2.26. The Bertz CT molecular complexity index is 711. The normalized spacial score (nSPS) is 25.1. The maximum Gasteiger partial charge on any atom is 0.231 e. The smallest absolute Gasteiger partial charge is 0.231 e. The molecule has 0 spiro atoms. The SMILES string of the molecule is COc1ccc([N+](C)=NC=C2[N+](C)=C3CCCCC3C2(C)C)cc1. The Morgan fingerprint density at radius 1 is 1.25 bits per heavy atom. The molecule has 0 amide bonds. The first-order chi connectivity index (χ1) is 11.4. The van der Waals surface area contributed by atoms with Gasteiger partial charge < -0.3 is 4.74 Å². The Hall–Kier alpha value is -1.97. The molecule has 1 aromatic carbocycles. The molecule has 24 heavy (non-hydrogen) atoms. The van der Waals surface area contributed by atoms with Crippen molar-refractivity contribution in [3.05, 3.63) is 36.2 Å². The summed E-state index contributed by atoms with van der Waals surface area (Å²) in [6.45, 7) is 4.72. The Balaban J connectivity index is 1.90. The fourth-order valence-electron chi connectivity index (χ4n) is 4.20. The van der Waals surface area contributed by atoms with E-state index in [2.05, 4.69) is 31.7 Å². The summed E-state index contributed by atoms with van der Waals surface area (Å²) >= 11 is 0. The number of allylic oxidation sites excluding steroid dienone is 1. The van der Waals surface area contributed by atoms with E-state index >= 15 is 0 Å². The summed E-state index contributed by atoms with van der Waals surface area (Å²) in [5.41, 5.74) is 4.13. The van der Waals surface area contributed by atoms with Crippen molar-refractivity contribution in [3.8, 4) is 5.75 Å². The minimum atomic E-state index is 0.161. The van der Waals surface area contributed by atoms with Crippen LogP contribution in [0.4, 0.5) is 5.69 Å². The highest BCUT2D eigenvalue weighted by atomic mass is 16.5. The molecule has 0 bridgehead atoms. The first-order valence-electron chi connectivity index (χ1n) is 8.84. The Morgan fingerprint density at radius 2 is 1.96 bits per heavy atom. The van der Waals surface area contributed by atoms with E-state index in [-0.39, 0.29) is 5.41 Å². The first-order valence-corrected chi connectivity index (χ1v) is 8.84. The van der Waals surface area contributed by atoms with Gasteiger partial charge in [-0.1, -0.05) is 11.1 Å². The molecule has 0 aromatic heterocycles. The van der Waals surface area contributed by atoms with E-state index in [1.54, 1.807) is 12.8 Å². The van der Waals surface area contributed by atoms with Gasteiger partial charge in [-0.25, -0.2) is 4.58 Å². The number of rotatable bonds is 3. The van der Waals surface area contributed by atoms with Crippen molar-refractivity contribution in [2.45, 2.75) is 39.5 Å². The molecule has 1 heterocycles. The molecule has 128 valence electrons. The zero-order valence-electron chi connectivity index (χ0n) is 15.5. The highest BCUT2D eigenvalue weighted by molar-refractivity contribution is 5.86. The lowest BCUT2D eigenvalue weighted by molar-refractivity contribution is -0.481. The number of azo groups is 2. The van der Waals surface area contributed by atoms with Crippen molar-refractivity contribution in [2.75, 3.05) is 21.2 Å². The van der Waals surface area contributed by atoms with Crippen LogP contribution < -0.4 is 4.74 Å². The quantitative estimate of drug-likeness (QED) is 0.590. The van der Waals surface area contributed by atoms with Crippen molar-refractivity contribution in [2.24, 2.45) is 16.4 Å². The van der Waals surface area contributed by atoms with E-state index in [1.807, 2.05) is 36.0 Å². The zero-order valence-corrected chi connectivity index (χ0v) is 15.5. The van der Waals surface area contributed by atoms with Crippen LogP contribution in [0.2, 0.25) is 0 Å². The van der Waals surface area contributed by atoms with Crippen LogP contribution >= 0.6 is 0 Å². The van der Waals surface area contributed by atoms with Crippen LogP contribution in [0.5, 0.6) is 5.75 Å². The predicted molar refractivity (Wildman–Crippen MR) is 96.3 cm³/mol. The van der Waals surface area contributed by atoms with Gasteiger partial charge in [-0.15, -0.1) is 0 Å². The summed E-state index contributed by atoms with van der Waals surface area (Å²) < 4.78 is 9.53. The monoisotopic (exact) mass is 327 g/mol. The highest BCUT2D eigenvalue weighted by Crippen LogP contribution is 2.46. The van der Waals surface area contributed by atoms with Gasteiger partial charge in [-0.05, 0) is 43.9 Å². The summed E-state index contributed by atoms with van der Waals surface area (Å²) in [5, 5.41) is 4.71. The fourth-order valence-corrected chi connectivity index (χ4v) is 4.20. The maximum absolute atomic E-state index is 5.22. The van der Waals surface area contributed by atoms with Gasteiger partial charge in [0.1, 0.15) is 12.8 Å². The molecule has 1 fully saturated rings. The summed E-state index contributed by atoms with van der Waals surface area (Å²) in [6.07, 6.45) is 7.26. The average molecular weight is 327 g/mol. The Labute approximate surface area is 145 Å². The van der Waals surface area contributed by atoms with E-state index in [1.165, 1.54) is 31.4 Å². The third kappa shape index (κ3) is 2.90. The van der Waals surface area contributed by atoms with E-state index < -0.39 is 0 Å². The highest BCUT2D eigenvalue weighted by Gasteiger charge is 2.51. The third-order valence-electron chi connectivity index (χ3n) is 5.70. The van der Waals surface area contributed by atoms with Gasteiger partial charge in [0.25, 0.3) is 0 Å². The molecule has 1 atom stereocenters. The molecule has 4 heteroatoms. The molecule has 1 aromatic rings. The van der Waals surface area contributed by atoms with Gasteiger partial charge in [-0.2, -0.15) is 0 Å². The van der Waals surface area contributed by atoms with E-state index in [0.29, 0.717) is 5.92 Å². The Kier molecular flexibility index (Phi) is 4.57. The van der Waals surface area contributed by atoms with E-state index in [4.69, 9.17) is 9.85 Å². The maximum atomic E-state index is 5.22.